The van der Waals surface area contributed by atoms with Crippen LogP contribution in [-0.2, 0) is 4.43 Å². The Morgan fingerprint density at radius 2 is 1.33 bits per heavy atom. The fraction of sp³-hybridized carbons (Fsp3) is 1.00. The molecule has 0 aromatic carbocycles. The van der Waals surface area contributed by atoms with Crippen molar-refractivity contribution in [1.82, 2.24) is 4.57 Å². The van der Waals surface area contributed by atoms with Gasteiger partial charge in [0.2, 0.25) is 0 Å². The van der Waals surface area contributed by atoms with E-state index in [9.17, 15) is 0 Å². The van der Waals surface area contributed by atoms with Gasteiger partial charge in [-0.3, -0.25) is 0 Å². The summed E-state index contributed by atoms with van der Waals surface area (Å²) in [6, 6.07) is 0. The molecule has 0 radical (unpaired) electrons. The second-order valence-corrected chi connectivity index (χ2v) is 9.28. The van der Waals surface area contributed by atoms with Gasteiger partial charge in [0.25, 0.3) is 8.48 Å². The molecule has 0 spiro atoms. The predicted molar refractivity (Wildman–Crippen MR) is 56.6 cm³/mol. The molecular formula is C9H23NOSi. The highest BCUT2D eigenvalue weighted by Crippen LogP contribution is 2.33. The van der Waals surface area contributed by atoms with Gasteiger partial charge < -0.3 is 8.99 Å². The average molecular weight is 189 g/mol. The minimum atomic E-state index is -1.67. The van der Waals surface area contributed by atoms with Crippen molar-refractivity contribution in [3.8, 4) is 0 Å². The quantitative estimate of drug-likeness (QED) is 0.630. The van der Waals surface area contributed by atoms with Crippen molar-refractivity contribution < 1.29 is 4.43 Å². The normalized spacial score (nSPS) is 13.5. The van der Waals surface area contributed by atoms with Gasteiger partial charge in [-0.05, 0) is 25.2 Å². The molecule has 0 aromatic heterocycles. The third-order valence-electron chi connectivity index (χ3n) is 2.68. The van der Waals surface area contributed by atoms with Crippen molar-refractivity contribution >= 4 is 8.48 Å². The van der Waals surface area contributed by atoms with E-state index >= 15 is 0 Å². The fourth-order valence-electron chi connectivity index (χ4n) is 2.35. The molecule has 0 atom stereocenters. The molecule has 0 saturated heterocycles. The monoisotopic (exact) mass is 189 g/mol. The molecule has 0 aliphatic heterocycles. The van der Waals surface area contributed by atoms with E-state index in [0.29, 0.717) is 11.1 Å². The Labute approximate surface area is 78.1 Å². The number of nitrogens with zero attached hydrogens (tertiary/aromatic N) is 1. The Morgan fingerprint density at radius 1 is 1.00 bits per heavy atom. The molecule has 74 valence electrons. The summed E-state index contributed by atoms with van der Waals surface area (Å²) in [5, 5.41) is 0. The topological polar surface area (TPSA) is 12.5 Å². The molecular weight excluding hydrogens is 166 g/mol. The maximum atomic E-state index is 5.79. The first-order valence-corrected chi connectivity index (χ1v) is 6.63. The second kappa shape index (κ2) is 4.39. The van der Waals surface area contributed by atoms with E-state index in [0.717, 1.165) is 0 Å². The van der Waals surface area contributed by atoms with Crippen molar-refractivity contribution in [2.75, 3.05) is 21.2 Å². The van der Waals surface area contributed by atoms with Crippen LogP contribution in [0, 0.1) is 0 Å². The van der Waals surface area contributed by atoms with E-state index in [4.69, 9.17) is 4.43 Å². The zero-order chi connectivity index (χ0) is 9.94. The Balaban J connectivity index is 4.77. The third kappa shape index (κ3) is 1.89. The lowest BCUT2D eigenvalue weighted by molar-refractivity contribution is 0.306. The maximum Gasteiger partial charge on any atom is 0.275 e. The van der Waals surface area contributed by atoms with Gasteiger partial charge in [-0.2, -0.15) is 0 Å². The summed E-state index contributed by atoms with van der Waals surface area (Å²) in [5.41, 5.74) is 1.27. The lowest BCUT2D eigenvalue weighted by atomic mass is 10.5. The van der Waals surface area contributed by atoms with Crippen molar-refractivity contribution in [3.05, 3.63) is 0 Å². The van der Waals surface area contributed by atoms with Crippen LogP contribution in [0.2, 0.25) is 11.1 Å². The van der Waals surface area contributed by atoms with E-state index in [2.05, 4.69) is 46.4 Å². The van der Waals surface area contributed by atoms with Crippen LogP contribution in [0.25, 0.3) is 0 Å². The molecule has 3 heteroatoms. The van der Waals surface area contributed by atoms with Crippen LogP contribution < -0.4 is 0 Å². The van der Waals surface area contributed by atoms with Crippen LogP contribution >= 0.6 is 0 Å². The molecule has 0 aliphatic carbocycles. The molecule has 0 aliphatic rings. The van der Waals surface area contributed by atoms with Crippen molar-refractivity contribution in [2.24, 2.45) is 0 Å². The molecule has 12 heavy (non-hydrogen) atoms. The van der Waals surface area contributed by atoms with E-state index in [1.165, 1.54) is 0 Å². The molecule has 0 heterocycles. The zero-order valence-corrected chi connectivity index (χ0v) is 10.5. The smallest absolute Gasteiger partial charge is 0.275 e. The van der Waals surface area contributed by atoms with Crippen LogP contribution in [0.1, 0.15) is 27.7 Å². The van der Waals surface area contributed by atoms with Gasteiger partial charge in [0, 0.05) is 7.11 Å². The summed E-state index contributed by atoms with van der Waals surface area (Å²) in [4.78, 5) is 0. The lowest BCUT2D eigenvalue weighted by Gasteiger charge is -2.42. The van der Waals surface area contributed by atoms with Crippen LogP contribution in [0.3, 0.4) is 0 Å². The number of hydrogen-bond acceptors (Lipinski definition) is 2. The van der Waals surface area contributed by atoms with Gasteiger partial charge in [0.1, 0.15) is 0 Å². The highest BCUT2D eigenvalue weighted by Gasteiger charge is 2.43. The summed E-state index contributed by atoms with van der Waals surface area (Å²) in [5.74, 6) is 0. The molecule has 0 rings (SSSR count). The van der Waals surface area contributed by atoms with Crippen molar-refractivity contribution in [2.45, 2.75) is 38.8 Å². The molecule has 0 N–H and O–H groups in total. The summed E-state index contributed by atoms with van der Waals surface area (Å²) < 4.78 is 8.09. The Bertz CT molecular complexity index is 113. The first-order valence-electron chi connectivity index (χ1n) is 4.62. The van der Waals surface area contributed by atoms with Gasteiger partial charge in [-0.15, -0.1) is 0 Å². The van der Waals surface area contributed by atoms with Gasteiger partial charge in [-0.1, -0.05) is 27.7 Å². The van der Waals surface area contributed by atoms with Crippen LogP contribution in [0.4, 0.5) is 0 Å². The van der Waals surface area contributed by atoms with Crippen molar-refractivity contribution in [1.29, 1.82) is 0 Å². The van der Waals surface area contributed by atoms with E-state index in [-0.39, 0.29) is 0 Å². The predicted octanol–water partition coefficient (Wildman–Crippen LogP) is 2.46. The van der Waals surface area contributed by atoms with Crippen LogP contribution in [0.5, 0.6) is 0 Å². The standard InChI is InChI=1S/C9H23NOSi/c1-8(2)12(11-7,9(3)4)10(5)6/h8-9H,1-7H3. The number of rotatable bonds is 4. The van der Waals surface area contributed by atoms with Gasteiger partial charge >= 0.3 is 0 Å². The second-order valence-electron chi connectivity index (χ2n) is 4.16. The van der Waals surface area contributed by atoms with E-state index in [1.807, 2.05) is 7.11 Å². The largest absolute Gasteiger partial charge is 0.406 e. The van der Waals surface area contributed by atoms with E-state index in [1.54, 1.807) is 0 Å². The molecule has 0 unspecified atom stereocenters. The molecule has 0 aromatic rings. The molecule has 2 nitrogen and oxygen atoms in total. The zero-order valence-electron chi connectivity index (χ0n) is 9.51. The van der Waals surface area contributed by atoms with Gasteiger partial charge in [0.15, 0.2) is 0 Å². The Hall–Kier alpha value is 0.137. The summed E-state index contributed by atoms with van der Waals surface area (Å²) in [7, 11) is 4.45. The van der Waals surface area contributed by atoms with Gasteiger partial charge in [0.05, 0.1) is 0 Å². The SMILES string of the molecule is CO[Si](C(C)C)(C(C)C)N(C)C. The summed E-state index contributed by atoms with van der Waals surface area (Å²) in [6.45, 7) is 9.04. The van der Waals surface area contributed by atoms with Gasteiger partial charge in [-0.25, -0.2) is 0 Å². The molecule has 0 amide bonds. The summed E-state index contributed by atoms with van der Waals surface area (Å²) in [6.07, 6.45) is 0. The Kier molecular flexibility index (Phi) is 4.44. The molecule has 0 bridgehead atoms. The molecule has 0 saturated carbocycles. The van der Waals surface area contributed by atoms with Crippen LogP contribution in [-0.4, -0.2) is 34.2 Å². The summed E-state index contributed by atoms with van der Waals surface area (Å²) >= 11 is 0. The Morgan fingerprint density at radius 3 is 1.33 bits per heavy atom. The minimum absolute atomic E-state index is 0.637. The fourth-order valence-corrected chi connectivity index (χ4v) is 7.06. The first-order chi connectivity index (χ1) is 5.39. The van der Waals surface area contributed by atoms with Crippen LogP contribution in [0.15, 0.2) is 0 Å². The van der Waals surface area contributed by atoms with E-state index < -0.39 is 8.48 Å². The minimum Gasteiger partial charge on any atom is -0.406 e. The molecule has 0 fully saturated rings. The highest BCUT2D eigenvalue weighted by molar-refractivity contribution is 6.73. The first kappa shape index (κ1) is 12.1. The lowest BCUT2D eigenvalue weighted by Crippen LogP contribution is -2.56. The van der Waals surface area contributed by atoms with Crippen molar-refractivity contribution in [3.63, 3.8) is 0 Å². The highest BCUT2D eigenvalue weighted by atomic mass is 28.4. The maximum absolute atomic E-state index is 5.79. The third-order valence-corrected chi connectivity index (χ3v) is 8.04. The average Bonchev–Trinajstić information content (AvgIpc) is 1.86. The number of hydrogen-bond donors (Lipinski definition) is 0.